The molecule has 1 amide bonds. The first-order chi connectivity index (χ1) is 11.2. The maximum atomic E-state index is 12.7. The van der Waals surface area contributed by atoms with E-state index in [0.29, 0.717) is 15.6 Å². The van der Waals surface area contributed by atoms with Gasteiger partial charge in [-0.25, -0.2) is 0 Å². The summed E-state index contributed by atoms with van der Waals surface area (Å²) in [7, 11) is 0. The quantitative estimate of drug-likeness (QED) is 0.696. The molecule has 2 aromatic carbocycles. The van der Waals surface area contributed by atoms with Crippen LogP contribution in [0, 0.1) is 13.8 Å². The molecule has 0 bridgehead atoms. The maximum absolute atomic E-state index is 12.7. The number of hydrogen-bond donors (Lipinski definition) is 1. The number of benzene rings is 2. The fourth-order valence-corrected chi connectivity index (χ4v) is 3.28. The van der Waals surface area contributed by atoms with E-state index in [1.807, 2.05) is 19.9 Å². The number of halogens is 4. The number of hydrogen-bond acceptors (Lipinski definition) is 2. The molecule has 2 aromatic rings. The van der Waals surface area contributed by atoms with Crippen LogP contribution < -0.4 is 5.32 Å². The highest BCUT2D eigenvalue weighted by molar-refractivity contribution is 8.00. The number of carbonyl (C=O) groups excluding carboxylic acids is 1. The topological polar surface area (TPSA) is 29.1 Å². The number of amides is 1. The second-order valence-electron chi connectivity index (χ2n) is 5.30. The van der Waals surface area contributed by atoms with Crippen molar-refractivity contribution in [2.75, 3.05) is 11.1 Å². The highest BCUT2D eigenvalue weighted by Crippen LogP contribution is 2.32. The summed E-state index contributed by atoms with van der Waals surface area (Å²) in [5.74, 6) is -0.337. The molecule has 2 nitrogen and oxygen atoms in total. The van der Waals surface area contributed by atoms with Gasteiger partial charge in [0.2, 0.25) is 5.91 Å². The lowest BCUT2D eigenvalue weighted by molar-refractivity contribution is -0.137. The smallest absolute Gasteiger partial charge is 0.324 e. The summed E-state index contributed by atoms with van der Waals surface area (Å²) in [5.41, 5.74) is 1.61. The van der Waals surface area contributed by atoms with Gasteiger partial charge in [-0.2, -0.15) is 13.2 Å². The lowest BCUT2D eigenvalue weighted by Gasteiger charge is -2.12. The number of nitrogens with one attached hydrogen (secondary N) is 1. The standard InChI is InChI=1S/C17H15ClF3NOS/c1-10-6-11(2)16(14(18)7-10)22-15(23)9-24-13-5-3-4-12(8-13)17(19,20)21/h3-8H,9H2,1-2H3,(H,22,23). The lowest BCUT2D eigenvalue weighted by atomic mass is 10.1. The van der Waals surface area contributed by atoms with E-state index in [1.165, 1.54) is 12.1 Å². The van der Waals surface area contributed by atoms with Crippen LogP contribution in [0.15, 0.2) is 41.3 Å². The molecule has 2 rings (SSSR count). The molecule has 0 radical (unpaired) electrons. The van der Waals surface area contributed by atoms with Crippen LogP contribution in [0.2, 0.25) is 5.02 Å². The van der Waals surface area contributed by atoms with E-state index < -0.39 is 11.7 Å². The summed E-state index contributed by atoms with van der Waals surface area (Å²) in [6, 6.07) is 8.52. The molecule has 1 N–H and O–H groups in total. The van der Waals surface area contributed by atoms with E-state index in [2.05, 4.69) is 5.32 Å². The third-order valence-electron chi connectivity index (χ3n) is 3.23. The minimum Gasteiger partial charge on any atom is -0.324 e. The van der Waals surface area contributed by atoms with Gasteiger partial charge in [0.1, 0.15) is 0 Å². The maximum Gasteiger partial charge on any atom is 0.416 e. The van der Waals surface area contributed by atoms with Crippen molar-refractivity contribution in [2.24, 2.45) is 0 Å². The Hall–Kier alpha value is -1.66. The van der Waals surface area contributed by atoms with Crippen molar-refractivity contribution in [3.63, 3.8) is 0 Å². The summed E-state index contributed by atoms with van der Waals surface area (Å²) in [5, 5.41) is 3.14. The Morgan fingerprint density at radius 1 is 1.21 bits per heavy atom. The molecule has 0 saturated carbocycles. The van der Waals surface area contributed by atoms with E-state index in [1.54, 1.807) is 6.07 Å². The third-order valence-corrected chi connectivity index (χ3v) is 4.52. The summed E-state index contributed by atoms with van der Waals surface area (Å²) < 4.78 is 38.0. The molecule has 0 heterocycles. The molecule has 0 aliphatic rings. The second-order valence-corrected chi connectivity index (χ2v) is 6.76. The first kappa shape index (κ1) is 18.7. The van der Waals surface area contributed by atoms with Gasteiger partial charge in [0.15, 0.2) is 0 Å². The zero-order valence-electron chi connectivity index (χ0n) is 13.0. The average molecular weight is 374 g/mol. The number of alkyl halides is 3. The van der Waals surface area contributed by atoms with Gasteiger partial charge < -0.3 is 5.32 Å². The minimum atomic E-state index is -4.40. The molecule has 0 spiro atoms. The van der Waals surface area contributed by atoms with Crippen molar-refractivity contribution in [3.8, 4) is 0 Å². The minimum absolute atomic E-state index is 0.00897. The summed E-state index contributed by atoms with van der Waals surface area (Å²) in [4.78, 5) is 12.4. The Balaban J connectivity index is 2.02. The average Bonchev–Trinajstić information content (AvgIpc) is 2.48. The Labute approximate surface area is 147 Å². The van der Waals surface area contributed by atoms with Gasteiger partial charge in [-0.15, -0.1) is 11.8 Å². The number of carbonyl (C=O) groups is 1. The van der Waals surface area contributed by atoms with Crippen LogP contribution in [0.1, 0.15) is 16.7 Å². The van der Waals surface area contributed by atoms with Gasteiger partial charge in [0.05, 0.1) is 22.0 Å². The van der Waals surface area contributed by atoms with Crippen LogP contribution in [-0.2, 0) is 11.0 Å². The Morgan fingerprint density at radius 2 is 1.92 bits per heavy atom. The molecule has 0 fully saturated rings. The largest absolute Gasteiger partial charge is 0.416 e. The van der Waals surface area contributed by atoms with E-state index in [4.69, 9.17) is 11.6 Å². The highest BCUT2D eigenvalue weighted by atomic mass is 35.5. The summed E-state index contributed by atoms with van der Waals surface area (Å²) in [6.07, 6.45) is -4.40. The van der Waals surface area contributed by atoms with Crippen molar-refractivity contribution in [2.45, 2.75) is 24.9 Å². The van der Waals surface area contributed by atoms with Crippen molar-refractivity contribution in [1.82, 2.24) is 0 Å². The number of rotatable bonds is 4. The van der Waals surface area contributed by atoms with E-state index >= 15 is 0 Å². The van der Waals surface area contributed by atoms with Gasteiger partial charge in [0.25, 0.3) is 0 Å². The fourth-order valence-electron chi connectivity index (χ4n) is 2.16. The Morgan fingerprint density at radius 3 is 2.54 bits per heavy atom. The molecule has 7 heteroatoms. The molecule has 0 saturated heterocycles. The number of anilines is 1. The lowest BCUT2D eigenvalue weighted by Crippen LogP contribution is -2.15. The highest BCUT2D eigenvalue weighted by Gasteiger charge is 2.30. The molecule has 128 valence electrons. The van der Waals surface area contributed by atoms with Crippen molar-refractivity contribution in [1.29, 1.82) is 0 Å². The third kappa shape index (κ3) is 4.92. The molecule has 0 aliphatic heterocycles. The van der Waals surface area contributed by atoms with Gasteiger partial charge >= 0.3 is 6.18 Å². The first-order valence-corrected chi connectivity index (χ1v) is 8.40. The zero-order valence-corrected chi connectivity index (χ0v) is 14.6. The Bertz CT molecular complexity index is 739. The predicted octanol–water partition coefficient (Wildman–Crippen LogP) is 5.71. The number of aryl methyl sites for hydroxylation is 2. The molecular formula is C17H15ClF3NOS. The van der Waals surface area contributed by atoms with Gasteiger partial charge in [0, 0.05) is 4.90 Å². The van der Waals surface area contributed by atoms with Crippen molar-refractivity contribution in [3.05, 3.63) is 58.1 Å². The predicted molar refractivity (Wildman–Crippen MR) is 91.7 cm³/mol. The van der Waals surface area contributed by atoms with Gasteiger partial charge in [-0.3, -0.25) is 4.79 Å². The first-order valence-electron chi connectivity index (χ1n) is 7.03. The normalized spacial score (nSPS) is 11.4. The van der Waals surface area contributed by atoms with Crippen LogP contribution in [0.3, 0.4) is 0 Å². The SMILES string of the molecule is Cc1cc(C)c(NC(=O)CSc2cccc(C(F)(F)F)c2)c(Cl)c1. The van der Waals surface area contributed by atoms with E-state index in [-0.39, 0.29) is 11.7 Å². The molecule has 0 aromatic heterocycles. The molecule has 24 heavy (non-hydrogen) atoms. The van der Waals surface area contributed by atoms with Crippen LogP contribution in [0.25, 0.3) is 0 Å². The molecule has 0 unspecified atom stereocenters. The van der Waals surface area contributed by atoms with E-state index in [9.17, 15) is 18.0 Å². The van der Waals surface area contributed by atoms with Crippen LogP contribution in [-0.4, -0.2) is 11.7 Å². The molecule has 0 aliphatic carbocycles. The summed E-state index contributed by atoms with van der Waals surface area (Å²) >= 11 is 7.16. The zero-order chi connectivity index (χ0) is 17.9. The van der Waals surface area contributed by atoms with Crippen molar-refractivity contribution < 1.29 is 18.0 Å². The fraction of sp³-hybridized carbons (Fsp3) is 0.235. The van der Waals surface area contributed by atoms with Crippen LogP contribution in [0.5, 0.6) is 0 Å². The van der Waals surface area contributed by atoms with Crippen LogP contribution >= 0.6 is 23.4 Å². The van der Waals surface area contributed by atoms with Crippen LogP contribution in [0.4, 0.5) is 18.9 Å². The second kappa shape index (κ2) is 7.49. The monoisotopic (exact) mass is 373 g/mol. The van der Waals surface area contributed by atoms with Gasteiger partial charge in [-0.05, 0) is 49.2 Å². The van der Waals surface area contributed by atoms with Crippen molar-refractivity contribution >= 4 is 35.0 Å². The molecular weight excluding hydrogens is 359 g/mol. The van der Waals surface area contributed by atoms with Gasteiger partial charge in [-0.1, -0.05) is 23.7 Å². The van der Waals surface area contributed by atoms with E-state index in [0.717, 1.165) is 35.0 Å². The molecule has 0 atom stereocenters. The number of thioether (sulfide) groups is 1. The Kier molecular flexibility index (Phi) is 5.83. The summed E-state index contributed by atoms with van der Waals surface area (Å²) in [6.45, 7) is 3.72.